The summed E-state index contributed by atoms with van der Waals surface area (Å²) < 4.78 is 0. The summed E-state index contributed by atoms with van der Waals surface area (Å²) in [6.45, 7) is 2.70. The molecule has 1 fully saturated rings. The van der Waals surface area contributed by atoms with Crippen molar-refractivity contribution in [3.8, 4) is 6.07 Å². The zero-order valence-corrected chi connectivity index (χ0v) is 10.4. The van der Waals surface area contributed by atoms with Gasteiger partial charge in [0, 0.05) is 12.6 Å². The summed E-state index contributed by atoms with van der Waals surface area (Å²) in [5.41, 5.74) is 2.79. The predicted molar refractivity (Wildman–Crippen MR) is 67.0 cm³/mol. The zero-order valence-electron chi connectivity index (χ0n) is 10.4. The molecule has 4 heteroatoms. The Kier molecular flexibility index (Phi) is 3.63. The van der Waals surface area contributed by atoms with E-state index in [-0.39, 0.29) is 6.54 Å². The van der Waals surface area contributed by atoms with Crippen LogP contribution in [0.15, 0.2) is 18.2 Å². The van der Waals surface area contributed by atoms with Crippen molar-refractivity contribution in [2.75, 3.05) is 6.54 Å². The molecule has 18 heavy (non-hydrogen) atoms. The molecule has 0 unspecified atom stereocenters. The van der Waals surface area contributed by atoms with Crippen LogP contribution >= 0.6 is 0 Å². The standard InChI is InChI=1S/C14H16N2O2/c1-10-6-11(7-15)2-3-12(10)8-16(9-14(17)18)13-4-5-13/h2-3,6,13H,4-5,8-9H2,1H3,(H,17,18). The highest BCUT2D eigenvalue weighted by atomic mass is 16.4. The molecule has 2 rings (SSSR count). The molecule has 0 radical (unpaired) electrons. The number of nitriles is 1. The van der Waals surface area contributed by atoms with E-state index in [1.165, 1.54) is 0 Å². The summed E-state index contributed by atoms with van der Waals surface area (Å²) in [4.78, 5) is 12.8. The van der Waals surface area contributed by atoms with Gasteiger partial charge in [-0.15, -0.1) is 0 Å². The molecule has 1 saturated carbocycles. The fraction of sp³-hybridized carbons (Fsp3) is 0.429. The molecule has 1 aliphatic carbocycles. The first-order valence-corrected chi connectivity index (χ1v) is 6.05. The van der Waals surface area contributed by atoms with Crippen LogP contribution in [0.5, 0.6) is 0 Å². The number of hydrogen-bond acceptors (Lipinski definition) is 3. The van der Waals surface area contributed by atoms with Gasteiger partial charge in [0.1, 0.15) is 0 Å². The van der Waals surface area contributed by atoms with Gasteiger partial charge >= 0.3 is 5.97 Å². The van der Waals surface area contributed by atoms with E-state index in [1.807, 2.05) is 24.0 Å². The Bertz CT molecular complexity index is 501. The maximum atomic E-state index is 10.8. The summed E-state index contributed by atoms with van der Waals surface area (Å²) in [5.74, 6) is -0.784. The Morgan fingerprint density at radius 1 is 1.56 bits per heavy atom. The lowest BCUT2D eigenvalue weighted by Gasteiger charge is -2.20. The molecular weight excluding hydrogens is 228 g/mol. The first kappa shape index (κ1) is 12.6. The summed E-state index contributed by atoms with van der Waals surface area (Å²) in [7, 11) is 0. The third-order valence-corrected chi connectivity index (χ3v) is 3.25. The molecule has 1 aromatic carbocycles. The molecule has 0 spiro atoms. The van der Waals surface area contributed by atoms with Gasteiger partial charge < -0.3 is 5.11 Å². The summed E-state index contributed by atoms with van der Waals surface area (Å²) in [5, 5.41) is 17.7. The Hall–Kier alpha value is -1.86. The van der Waals surface area contributed by atoms with Crippen molar-refractivity contribution in [2.24, 2.45) is 0 Å². The average Bonchev–Trinajstić information content (AvgIpc) is 3.14. The van der Waals surface area contributed by atoms with E-state index in [1.54, 1.807) is 6.07 Å². The van der Waals surface area contributed by atoms with Gasteiger partial charge in [-0.1, -0.05) is 6.07 Å². The highest BCUT2D eigenvalue weighted by Gasteiger charge is 2.30. The van der Waals surface area contributed by atoms with Crippen LogP contribution < -0.4 is 0 Å². The van der Waals surface area contributed by atoms with Crippen molar-refractivity contribution < 1.29 is 9.90 Å². The molecule has 0 aromatic heterocycles. The number of rotatable bonds is 5. The van der Waals surface area contributed by atoms with E-state index < -0.39 is 5.97 Å². The van der Waals surface area contributed by atoms with Crippen LogP contribution in [0.25, 0.3) is 0 Å². The third kappa shape index (κ3) is 3.08. The Balaban J connectivity index is 2.11. The molecule has 1 N–H and O–H groups in total. The van der Waals surface area contributed by atoms with E-state index in [9.17, 15) is 4.79 Å². The fourth-order valence-corrected chi connectivity index (χ4v) is 2.09. The first-order chi connectivity index (χ1) is 8.60. The lowest BCUT2D eigenvalue weighted by atomic mass is 10.1. The smallest absolute Gasteiger partial charge is 0.317 e. The molecule has 4 nitrogen and oxygen atoms in total. The minimum atomic E-state index is -0.784. The summed E-state index contributed by atoms with van der Waals surface area (Å²) in [6, 6.07) is 8.08. The largest absolute Gasteiger partial charge is 0.480 e. The molecule has 0 heterocycles. The van der Waals surface area contributed by atoms with Crippen LogP contribution in [-0.2, 0) is 11.3 Å². The number of carboxylic acid groups (broad SMARTS) is 1. The molecule has 1 aromatic rings. The van der Waals surface area contributed by atoms with Crippen molar-refractivity contribution >= 4 is 5.97 Å². The van der Waals surface area contributed by atoms with Crippen molar-refractivity contribution in [1.29, 1.82) is 5.26 Å². The zero-order chi connectivity index (χ0) is 13.1. The summed E-state index contributed by atoms with van der Waals surface area (Å²) in [6.07, 6.45) is 2.17. The number of hydrogen-bond donors (Lipinski definition) is 1. The minimum absolute atomic E-state index is 0.0874. The Morgan fingerprint density at radius 2 is 2.28 bits per heavy atom. The lowest BCUT2D eigenvalue weighted by molar-refractivity contribution is -0.138. The third-order valence-electron chi connectivity index (χ3n) is 3.25. The second-order valence-corrected chi connectivity index (χ2v) is 4.78. The van der Waals surface area contributed by atoms with Crippen LogP contribution in [-0.4, -0.2) is 28.6 Å². The highest BCUT2D eigenvalue weighted by molar-refractivity contribution is 5.69. The van der Waals surface area contributed by atoms with Gasteiger partial charge in [0.05, 0.1) is 18.2 Å². The van der Waals surface area contributed by atoms with Gasteiger partial charge in [-0.05, 0) is 43.0 Å². The average molecular weight is 244 g/mol. The molecule has 0 bridgehead atoms. The number of aliphatic carboxylic acids is 1. The quantitative estimate of drug-likeness (QED) is 0.859. The maximum Gasteiger partial charge on any atom is 0.317 e. The Morgan fingerprint density at radius 3 is 2.78 bits per heavy atom. The number of carbonyl (C=O) groups is 1. The van der Waals surface area contributed by atoms with Gasteiger partial charge in [0.2, 0.25) is 0 Å². The van der Waals surface area contributed by atoms with Gasteiger partial charge in [-0.3, -0.25) is 9.69 Å². The fourth-order valence-electron chi connectivity index (χ4n) is 2.09. The van der Waals surface area contributed by atoms with Crippen LogP contribution in [0, 0.1) is 18.3 Å². The monoisotopic (exact) mass is 244 g/mol. The van der Waals surface area contributed by atoms with E-state index in [0.29, 0.717) is 18.2 Å². The number of carboxylic acids is 1. The number of nitrogens with zero attached hydrogens (tertiary/aromatic N) is 2. The topological polar surface area (TPSA) is 64.3 Å². The SMILES string of the molecule is Cc1cc(C#N)ccc1CN(CC(=O)O)C1CC1. The summed E-state index contributed by atoms with van der Waals surface area (Å²) >= 11 is 0. The maximum absolute atomic E-state index is 10.8. The number of aryl methyl sites for hydroxylation is 1. The molecule has 0 amide bonds. The predicted octanol–water partition coefficient (Wildman–Crippen LogP) is 1.92. The lowest BCUT2D eigenvalue weighted by Crippen LogP contribution is -2.31. The molecular formula is C14H16N2O2. The normalized spacial score (nSPS) is 14.5. The molecule has 0 aliphatic heterocycles. The second-order valence-electron chi connectivity index (χ2n) is 4.78. The van der Waals surface area contributed by atoms with Gasteiger partial charge in [-0.2, -0.15) is 5.26 Å². The van der Waals surface area contributed by atoms with E-state index >= 15 is 0 Å². The van der Waals surface area contributed by atoms with Crippen molar-refractivity contribution in [2.45, 2.75) is 32.4 Å². The van der Waals surface area contributed by atoms with Crippen LogP contribution in [0.3, 0.4) is 0 Å². The molecule has 1 aliphatic rings. The van der Waals surface area contributed by atoms with Crippen molar-refractivity contribution in [3.05, 3.63) is 34.9 Å². The first-order valence-electron chi connectivity index (χ1n) is 6.05. The van der Waals surface area contributed by atoms with Gasteiger partial charge in [0.15, 0.2) is 0 Å². The highest BCUT2D eigenvalue weighted by Crippen LogP contribution is 2.28. The van der Waals surface area contributed by atoms with Crippen LogP contribution in [0.4, 0.5) is 0 Å². The van der Waals surface area contributed by atoms with E-state index in [0.717, 1.165) is 24.0 Å². The van der Waals surface area contributed by atoms with E-state index in [2.05, 4.69) is 6.07 Å². The molecule has 94 valence electrons. The van der Waals surface area contributed by atoms with Gasteiger partial charge in [-0.25, -0.2) is 0 Å². The van der Waals surface area contributed by atoms with Crippen molar-refractivity contribution in [3.63, 3.8) is 0 Å². The van der Waals surface area contributed by atoms with E-state index in [4.69, 9.17) is 10.4 Å². The molecule has 0 atom stereocenters. The number of benzene rings is 1. The van der Waals surface area contributed by atoms with Crippen molar-refractivity contribution in [1.82, 2.24) is 4.90 Å². The second kappa shape index (κ2) is 5.19. The van der Waals surface area contributed by atoms with Crippen LogP contribution in [0.1, 0.15) is 29.5 Å². The molecule has 0 saturated heterocycles. The van der Waals surface area contributed by atoms with Crippen LogP contribution in [0.2, 0.25) is 0 Å². The Labute approximate surface area is 106 Å². The minimum Gasteiger partial charge on any atom is -0.480 e. The van der Waals surface area contributed by atoms with Gasteiger partial charge in [0.25, 0.3) is 0 Å².